The molecule has 0 fully saturated rings. The molecule has 3 aromatic carbocycles. The number of nitrogens with one attached hydrogen (secondary N) is 1. The number of ether oxygens (including phenoxy) is 1. The molecule has 30 heavy (non-hydrogen) atoms. The molecule has 3 rings (SSSR count). The molecule has 0 aliphatic heterocycles. The Balaban J connectivity index is 2.00. The van der Waals surface area contributed by atoms with Gasteiger partial charge in [0.05, 0.1) is 11.3 Å². The SMILES string of the molecule is CN(C)c1ccc(-c2ccc(C(=O)OC(C)(C)C)c(Nc3ccc(F)cc3)c2)cc1. The topological polar surface area (TPSA) is 41.6 Å². The Morgan fingerprint density at radius 1 is 0.900 bits per heavy atom. The molecule has 0 saturated heterocycles. The smallest absolute Gasteiger partial charge is 0.340 e. The number of carbonyl (C=O) groups excluding carboxylic acids is 1. The molecule has 0 spiro atoms. The molecule has 0 radical (unpaired) electrons. The average Bonchev–Trinajstić information content (AvgIpc) is 2.68. The van der Waals surface area contributed by atoms with Crippen LogP contribution in [0.15, 0.2) is 66.7 Å². The van der Waals surface area contributed by atoms with Gasteiger partial charge in [0.1, 0.15) is 11.4 Å². The van der Waals surface area contributed by atoms with E-state index >= 15 is 0 Å². The van der Waals surface area contributed by atoms with E-state index in [-0.39, 0.29) is 5.82 Å². The number of carbonyl (C=O) groups is 1. The van der Waals surface area contributed by atoms with E-state index in [0.29, 0.717) is 16.9 Å². The second-order valence-electron chi connectivity index (χ2n) is 8.34. The summed E-state index contributed by atoms with van der Waals surface area (Å²) in [7, 11) is 3.99. The van der Waals surface area contributed by atoms with Crippen LogP contribution in [0.1, 0.15) is 31.1 Å². The molecule has 0 heterocycles. The largest absolute Gasteiger partial charge is 0.456 e. The summed E-state index contributed by atoms with van der Waals surface area (Å²) in [5.41, 5.74) is 4.18. The standard InChI is InChI=1S/C25H27FN2O2/c1-25(2,3)30-24(29)22-15-8-18(17-6-13-21(14-7-17)28(4)5)16-23(22)27-20-11-9-19(26)10-12-20/h6-16,27H,1-5H3. The van der Waals surface area contributed by atoms with Gasteiger partial charge in [-0.15, -0.1) is 0 Å². The molecule has 3 aromatic rings. The maximum Gasteiger partial charge on any atom is 0.340 e. The van der Waals surface area contributed by atoms with Gasteiger partial charge in [-0.05, 0) is 80.4 Å². The molecule has 156 valence electrons. The van der Waals surface area contributed by atoms with Crippen LogP contribution in [0.4, 0.5) is 21.5 Å². The Bertz CT molecular complexity index is 1020. The van der Waals surface area contributed by atoms with Crippen LogP contribution in [-0.4, -0.2) is 25.7 Å². The molecule has 5 heteroatoms. The number of anilines is 3. The monoisotopic (exact) mass is 406 g/mol. The van der Waals surface area contributed by atoms with E-state index in [1.54, 1.807) is 18.2 Å². The van der Waals surface area contributed by atoms with Crippen LogP contribution in [-0.2, 0) is 4.74 Å². The van der Waals surface area contributed by atoms with Gasteiger partial charge in [0.25, 0.3) is 0 Å². The lowest BCUT2D eigenvalue weighted by Gasteiger charge is -2.21. The first-order valence-electron chi connectivity index (χ1n) is 9.80. The zero-order valence-corrected chi connectivity index (χ0v) is 18.0. The number of hydrogen-bond acceptors (Lipinski definition) is 4. The fourth-order valence-corrected chi connectivity index (χ4v) is 2.98. The van der Waals surface area contributed by atoms with Gasteiger partial charge in [-0.25, -0.2) is 9.18 Å². The van der Waals surface area contributed by atoms with E-state index < -0.39 is 11.6 Å². The van der Waals surface area contributed by atoms with Crippen LogP contribution in [0.25, 0.3) is 11.1 Å². The van der Waals surface area contributed by atoms with Crippen LogP contribution in [0.3, 0.4) is 0 Å². The summed E-state index contributed by atoms with van der Waals surface area (Å²) >= 11 is 0. The number of hydrogen-bond donors (Lipinski definition) is 1. The molecule has 0 atom stereocenters. The first-order chi connectivity index (χ1) is 14.1. The van der Waals surface area contributed by atoms with E-state index in [4.69, 9.17) is 4.74 Å². The molecule has 0 saturated carbocycles. The van der Waals surface area contributed by atoms with Gasteiger partial charge < -0.3 is 15.0 Å². The molecule has 4 nitrogen and oxygen atoms in total. The number of benzene rings is 3. The van der Waals surface area contributed by atoms with Gasteiger partial charge in [0.2, 0.25) is 0 Å². The van der Waals surface area contributed by atoms with Crippen molar-refractivity contribution in [3.05, 3.63) is 78.1 Å². The normalized spacial score (nSPS) is 11.1. The van der Waals surface area contributed by atoms with E-state index in [1.165, 1.54) is 12.1 Å². The van der Waals surface area contributed by atoms with Crippen molar-refractivity contribution in [1.29, 1.82) is 0 Å². The van der Waals surface area contributed by atoms with Crippen molar-refractivity contribution < 1.29 is 13.9 Å². The zero-order chi connectivity index (χ0) is 21.9. The summed E-state index contributed by atoms with van der Waals surface area (Å²) in [5.74, 6) is -0.732. The number of nitrogens with zero attached hydrogens (tertiary/aromatic N) is 1. The Kier molecular flexibility index (Phi) is 6.11. The molecule has 0 aliphatic rings. The van der Waals surface area contributed by atoms with Gasteiger partial charge in [-0.3, -0.25) is 0 Å². The lowest BCUT2D eigenvalue weighted by Crippen LogP contribution is -2.24. The number of halogens is 1. The van der Waals surface area contributed by atoms with E-state index in [1.807, 2.05) is 76.2 Å². The Hall–Kier alpha value is -3.34. The summed E-state index contributed by atoms with van der Waals surface area (Å²) in [4.78, 5) is 14.8. The predicted octanol–water partition coefficient (Wildman–Crippen LogP) is 6.26. The third-order valence-electron chi connectivity index (χ3n) is 4.48. The molecule has 0 aromatic heterocycles. The van der Waals surface area contributed by atoms with E-state index in [2.05, 4.69) is 5.32 Å². The molecule has 0 bridgehead atoms. The van der Waals surface area contributed by atoms with E-state index in [0.717, 1.165) is 16.8 Å². The quantitative estimate of drug-likeness (QED) is 0.508. The Morgan fingerprint density at radius 3 is 2.07 bits per heavy atom. The van der Waals surface area contributed by atoms with Crippen molar-refractivity contribution >= 4 is 23.0 Å². The highest BCUT2D eigenvalue weighted by Crippen LogP contribution is 2.30. The summed E-state index contributed by atoms with van der Waals surface area (Å²) in [6.45, 7) is 5.50. The Labute approximate surface area is 177 Å². The van der Waals surface area contributed by atoms with E-state index in [9.17, 15) is 9.18 Å². The van der Waals surface area contributed by atoms with Gasteiger partial charge in [-0.2, -0.15) is 0 Å². The van der Waals surface area contributed by atoms with Gasteiger partial charge in [0.15, 0.2) is 0 Å². The number of esters is 1. The van der Waals surface area contributed by atoms with Gasteiger partial charge in [0, 0.05) is 25.5 Å². The third kappa shape index (κ3) is 5.38. The van der Waals surface area contributed by atoms with Crippen molar-refractivity contribution in [1.82, 2.24) is 0 Å². The highest BCUT2D eigenvalue weighted by molar-refractivity contribution is 5.98. The highest BCUT2D eigenvalue weighted by atomic mass is 19.1. The fourth-order valence-electron chi connectivity index (χ4n) is 2.98. The molecule has 0 unspecified atom stereocenters. The van der Waals surface area contributed by atoms with Crippen LogP contribution >= 0.6 is 0 Å². The van der Waals surface area contributed by atoms with Crippen molar-refractivity contribution in [2.24, 2.45) is 0 Å². The lowest BCUT2D eigenvalue weighted by atomic mass is 10.0. The van der Waals surface area contributed by atoms with Crippen molar-refractivity contribution in [3.8, 4) is 11.1 Å². The molecule has 1 N–H and O–H groups in total. The maximum absolute atomic E-state index is 13.3. The maximum atomic E-state index is 13.3. The minimum atomic E-state index is -0.606. The lowest BCUT2D eigenvalue weighted by molar-refractivity contribution is 0.00707. The average molecular weight is 407 g/mol. The minimum absolute atomic E-state index is 0.317. The molecule has 0 aliphatic carbocycles. The van der Waals surface area contributed by atoms with Crippen molar-refractivity contribution in [2.75, 3.05) is 24.3 Å². The van der Waals surface area contributed by atoms with Crippen LogP contribution < -0.4 is 10.2 Å². The zero-order valence-electron chi connectivity index (χ0n) is 18.0. The Morgan fingerprint density at radius 2 is 1.50 bits per heavy atom. The molecule has 0 amide bonds. The third-order valence-corrected chi connectivity index (χ3v) is 4.48. The summed E-state index contributed by atoms with van der Waals surface area (Å²) < 4.78 is 18.9. The first kappa shape index (κ1) is 21.4. The van der Waals surface area contributed by atoms with Gasteiger partial charge >= 0.3 is 5.97 Å². The summed E-state index contributed by atoms with van der Waals surface area (Å²) in [5, 5.41) is 3.23. The summed E-state index contributed by atoms with van der Waals surface area (Å²) in [6, 6.07) is 19.8. The minimum Gasteiger partial charge on any atom is -0.456 e. The van der Waals surface area contributed by atoms with Gasteiger partial charge in [-0.1, -0.05) is 18.2 Å². The second-order valence-corrected chi connectivity index (χ2v) is 8.34. The summed E-state index contributed by atoms with van der Waals surface area (Å²) in [6.07, 6.45) is 0. The van der Waals surface area contributed by atoms with Crippen molar-refractivity contribution in [3.63, 3.8) is 0 Å². The highest BCUT2D eigenvalue weighted by Gasteiger charge is 2.21. The first-order valence-corrected chi connectivity index (χ1v) is 9.80. The number of rotatable bonds is 5. The molecular weight excluding hydrogens is 379 g/mol. The predicted molar refractivity (Wildman–Crippen MR) is 121 cm³/mol. The van der Waals surface area contributed by atoms with Crippen LogP contribution in [0.2, 0.25) is 0 Å². The fraction of sp³-hybridized carbons (Fsp3) is 0.240. The molecular formula is C25H27FN2O2. The van der Waals surface area contributed by atoms with Crippen molar-refractivity contribution in [2.45, 2.75) is 26.4 Å². The van der Waals surface area contributed by atoms with Crippen LogP contribution in [0.5, 0.6) is 0 Å². The van der Waals surface area contributed by atoms with Crippen LogP contribution in [0, 0.1) is 5.82 Å². The second kappa shape index (κ2) is 8.57.